The molecule has 0 aliphatic carbocycles. The molecule has 0 fully saturated rings. The first kappa shape index (κ1) is 15.4. The van der Waals surface area contributed by atoms with Gasteiger partial charge < -0.3 is 0 Å². The third-order valence-electron chi connectivity index (χ3n) is 2.49. The maximum Gasteiger partial charge on any atom is 0.234 e. The fourth-order valence-electron chi connectivity index (χ4n) is 1.56. The monoisotopic (exact) mass is 249 g/mol. The molecular weight excluding hydrogens is 226 g/mol. The van der Waals surface area contributed by atoms with Crippen molar-refractivity contribution in [2.45, 2.75) is 58.3 Å². The zero-order valence-corrected chi connectivity index (χ0v) is 10.9. The molecule has 0 aromatic rings. The van der Waals surface area contributed by atoms with Crippen LogP contribution in [0.15, 0.2) is 0 Å². The van der Waals surface area contributed by atoms with E-state index in [2.05, 4.69) is 6.92 Å². The lowest BCUT2D eigenvalue weighted by Gasteiger charge is -2.02. The van der Waals surface area contributed by atoms with Crippen LogP contribution in [0.2, 0.25) is 0 Å². The minimum atomic E-state index is -3.35. The zero-order valence-electron chi connectivity index (χ0n) is 10.1. The topological polar surface area (TPSA) is 63.2 Å². The Hall–Kier alpha value is -0.580. The molecule has 4 nitrogen and oxygen atoms in total. The van der Waals surface area contributed by atoms with E-state index in [9.17, 15) is 13.2 Å². The van der Waals surface area contributed by atoms with Crippen LogP contribution in [0.25, 0.3) is 0 Å². The van der Waals surface area contributed by atoms with Crippen molar-refractivity contribution in [1.82, 2.24) is 4.72 Å². The summed E-state index contributed by atoms with van der Waals surface area (Å²) in [5, 5.41) is 0. The van der Waals surface area contributed by atoms with E-state index in [1.165, 1.54) is 32.1 Å². The lowest BCUT2D eigenvalue weighted by molar-refractivity contribution is -0.108. The van der Waals surface area contributed by atoms with Crippen molar-refractivity contribution in [3.05, 3.63) is 0 Å². The molecule has 0 atom stereocenters. The second-order valence-electron chi connectivity index (χ2n) is 4.03. The number of carbonyl (C=O) groups excluding carboxylic acids is 1. The third-order valence-corrected chi connectivity index (χ3v) is 3.78. The maximum atomic E-state index is 11.1. The quantitative estimate of drug-likeness (QED) is 0.451. The Balaban J connectivity index is 3.30. The van der Waals surface area contributed by atoms with Gasteiger partial charge in [-0.05, 0) is 6.42 Å². The van der Waals surface area contributed by atoms with Gasteiger partial charge in [0.15, 0.2) is 0 Å². The highest BCUT2D eigenvalue weighted by Gasteiger charge is 2.06. The molecule has 16 heavy (non-hydrogen) atoms. The van der Waals surface area contributed by atoms with Gasteiger partial charge in [0.25, 0.3) is 0 Å². The van der Waals surface area contributed by atoms with Crippen LogP contribution < -0.4 is 4.72 Å². The van der Waals surface area contributed by atoms with Gasteiger partial charge in [-0.25, -0.2) is 8.42 Å². The highest BCUT2D eigenvalue weighted by molar-refractivity contribution is 7.89. The third kappa shape index (κ3) is 9.96. The SMILES string of the molecule is CCCCCCCCCCS(=O)(=O)NC=O. The van der Waals surface area contributed by atoms with Crippen molar-refractivity contribution in [2.75, 3.05) is 5.75 Å². The molecule has 1 N–H and O–H groups in total. The smallest absolute Gasteiger partial charge is 0.234 e. The van der Waals surface area contributed by atoms with Crippen molar-refractivity contribution in [3.63, 3.8) is 0 Å². The van der Waals surface area contributed by atoms with Crippen molar-refractivity contribution < 1.29 is 13.2 Å². The first-order valence-corrected chi connectivity index (χ1v) is 7.71. The summed E-state index contributed by atoms with van der Waals surface area (Å²) in [6, 6.07) is 0. The molecule has 96 valence electrons. The van der Waals surface area contributed by atoms with Crippen LogP contribution in [-0.4, -0.2) is 20.6 Å². The van der Waals surface area contributed by atoms with Crippen LogP contribution in [0.4, 0.5) is 0 Å². The average Bonchev–Trinajstić information content (AvgIpc) is 2.22. The van der Waals surface area contributed by atoms with Crippen LogP contribution in [0, 0.1) is 0 Å². The summed E-state index contributed by atoms with van der Waals surface area (Å²) in [7, 11) is -3.35. The Morgan fingerprint density at radius 1 is 0.938 bits per heavy atom. The Kier molecular flexibility index (Phi) is 9.28. The second kappa shape index (κ2) is 9.63. The number of rotatable bonds is 11. The van der Waals surface area contributed by atoms with Crippen LogP contribution >= 0.6 is 0 Å². The van der Waals surface area contributed by atoms with E-state index in [4.69, 9.17) is 0 Å². The molecule has 0 aromatic heterocycles. The summed E-state index contributed by atoms with van der Waals surface area (Å²) in [5.74, 6) is 0.0562. The summed E-state index contributed by atoms with van der Waals surface area (Å²) in [6.45, 7) is 2.19. The molecule has 0 bridgehead atoms. The summed E-state index contributed by atoms with van der Waals surface area (Å²) in [4.78, 5) is 9.97. The molecule has 0 spiro atoms. The first-order chi connectivity index (χ1) is 7.62. The van der Waals surface area contributed by atoms with Gasteiger partial charge in [-0.1, -0.05) is 51.9 Å². The van der Waals surface area contributed by atoms with E-state index in [1.807, 2.05) is 4.72 Å². The predicted molar refractivity (Wildman–Crippen MR) is 65.6 cm³/mol. The van der Waals surface area contributed by atoms with Gasteiger partial charge in [-0.3, -0.25) is 9.52 Å². The van der Waals surface area contributed by atoms with E-state index in [1.54, 1.807) is 0 Å². The number of amides is 1. The minimum absolute atomic E-state index is 0.0562. The number of carbonyl (C=O) groups is 1. The normalized spacial score (nSPS) is 11.3. The standard InChI is InChI=1S/C11H23NO3S/c1-2-3-4-5-6-7-8-9-10-16(14,15)12-11-13/h11H,2-10H2,1H3,(H,12,13). The first-order valence-electron chi connectivity index (χ1n) is 6.06. The molecule has 0 aromatic carbocycles. The number of hydrogen-bond donors (Lipinski definition) is 1. The lowest BCUT2D eigenvalue weighted by Crippen LogP contribution is -2.24. The number of hydrogen-bond acceptors (Lipinski definition) is 3. The maximum absolute atomic E-state index is 11.1. The van der Waals surface area contributed by atoms with E-state index in [-0.39, 0.29) is 12.2 Å². The molecule has 1 amide bonds. The number of unbranched alkanes of at least 4 members (excludes halogenated alkanes) is 7. The largest absolute Gasteiger partial charge is 0.278 e. The molecule has 0 aliphatic rings. The molecule has 0 aliphatic heterocycles. The van der Waals surface area contributed by atoms with Crippen LogP contribution in [0.5, 0.6) is 0 Å². The van der Waals surface area contributed by atoms with Gasteiger partial charge in [0.05, 0.1) is 5.75 Å². The number of sulfonamides is 1. The molecule has 0 unspecified atom stereocenters. The molecule has 5 heteroatoms. The van der Waals surface area contributed by atoms with Gasteiger partial charge in [0, 0.05) is 0 Å². The summed E-state index contributed by atoms with van der Waals surface area (Å²) in [6.07, 6.45) is 9.10. The summed E-state index contributed by atoms with van der Waals surface area (Å²) in [5.41, 5.74) is 0. The predicted octanol–water partition coefficient (Wildman–Crippen LogP) is 2.20. The van der Waals surface area contributed by atoms with E-state index < -0.39 is 10.0 Å². The molecule has 0 radical (unpaired) electrons. The van der Waals surface area contributed by atoms with E-state index in [0.29, 0.717) is 6.42 Å². The van der Waals surface area contributed by atoms with E-state index >= 15 is 0 Å². The zero-order chi connectivity index (χ0) is 12.3. The molecule has 0 heterocycles. The molecule has 0 saturated heterocycles. The van der Waals surface area contributed by atoms with Gasteiger partial charge >= 0.3 is 0 Å². The second-order valence-corrected chi connectivity index (χ2v) is 5.90. The Labute approximate surface area is 98.9 Å². The Bertz CT molecular complexity index is 262. The Morgan fingerprint density at radius 3 is 1.94 bits per heavy atom. The number of nitrogens with one attached hydrogen (secondary N) is 1. The van der Waals surface area contributed by atoms with Crippen LogP contribution in [0.3, 0.4) is 0 Å². The fraction of sp³-hybridized carbons (Fsp3) is 0.909. The fourth-order valence-corrected chi connectivity index (χ4v) is 2.41. The van der Waals surface area contributed by atoms with Crippen LogP contribution in [-0.2, 0) is 14.8 Å². The van der Waals surface area contributed by atoms with Crippen molar-refractivity contribution in [3.8, 4) is 0 Å². The molecular formula is C11H23NO3S. The molecule has 0 saturated carbocycles. The highest BCUT2D eigenvalue weighted by Crippen LogP contribution is 2.08. The van der Waals surface area contributed by atoms with Gasteiger partial charge in [0.2, 0.25) is 16.4 Å². The van der Waals surface area contributed by atoms with Gasteiger partial charge in [-0.2, -0.15) is 0 Å². The average molecular weight is 249 g/mol. The summed E-state index contributed by atoms with van der Waals surface area (Å²) >= 11 is 0. The summed E-state index contributed by atoms with van der Waals surface area (Å²) < 4.78 is 24.0. The van der Waals surface area contributed by atoms with Crippen molar-refractivity contribution in [1.29, 1.82) is 0 Å². The van der Waals surface area contributed by atoms with Crippen molar-refractivity contribution >= 4 is 16.4 Å². The molecule has 0 rings (SSSR count). The lowest BCUT2D eigenvalue weighted by atomic mass is 10.1. The van der Waals surface area contributed by atoms with E-state index in [0.717, 1.165) is 12.8 Å². The van der Waals surface area contributed by atoms with Gasteiger partial charge in [0.1, 0.15) is 0 Å². The van der Waals surface area contributed by atoms with Gasteiger partial charge in [-0.15, -0.1) is 0 Å². The van der Waals surface area contributed by atoms with Crippen LogP contribution in [0.1, 0.15) is 58.3 Å². The van der Waals surface area contributed by atoms with Crippen molar-refractivity contribution in [2.24, 2.45) is 0 Å². The highest BCUT2D eigenvalue weighted by atomic mass is 32.2. The Morgan fingerprint density at radius 2 is 1.44 bits per heavy atom. The minimum Gasteiger partial charge on any atom is -0.278 e.